The number of fused-ring (bicyclic) bond motifs is 3. The smallest absolute Gasteiger partial charge is 0.163 e. The van der Waals surface area contributed by atoms with Crippen LogP contribution in [0.5, 0.6) is 5.75 Å². The summed E-state index contributed by atoms with van der Waals surface area (Å²) in [4.78, 5) is 12.7. The molecule has 1 fully saturated rings. The first-order valence-corrected chi connectivity index (χ1v) is 9.23. The summed E-state index contributed by atoms with van der Waals surface area (Å²) in [7, 11) is 0. The predicted molar refractivity (Wildman–Crippen MR) is 98.1 cm³/mol. The second-order valence-electron chi connectivity index (χ2n) is 7.78. The van der Waals surface area contributed by atoms with Gasteiger partial charge < -0.3 is 15.3 Å². The molecule has 136 valence electrons. The number of ketones is 1. The van der Waals surface area contributed by atoms with E-state index in [1.807, 2.05) is 36.4 Å². The van der Waals surface area contributed by atoms with Crippen molar-refractivity contribution < 1.29 is 20.1 Å². The van der Waals surface area contributed by atoms with Crippen molar-refractivity contribution in [2.75, 3.05) is 0 Å². The van der Waals surface area contributed by atoms with Gasteiger partial charge in [0, 0.05) is 17.4 Å². The number of hydrogen-bond donors (Lipinski definition) is 3. The molecule has 1 saturated carbocycles. The van der Waals surface area contributed by atoms with Gasteiger partial charge in [0.1, 0.15) is 11.4 Å². The van der Waals surface area contributed by atoms with Crippen molar-refractivity contribution in [1.29, 1.82) is 0 Å². The summed E-state index contributed by atoms with van der Waals surface area (Å²) in [6.45, 7) is 2.07. The summed E-state index contributed by atoms with van der Waals surface area (Å²) >= 11 is 0. The van der Waals surface area contributed by atoms with Crippen molar-refractivity contribution in [2.45, 2.75) is 49.7 Å². The molecule has 0 aliphatic heterocycles. The monoisotopic (exact) mass is 352 g/mol. The highest BCUT2D eigenvalue weighted by Crippen LogP contribution is 2.56. The van der Waals surface area contributed by atoms with Gasteiger partial charge in [0.25, 0.3) is 0 Å². The van der Waals surface area contributed by atoms with Crippen molar-refractivity contribution in [3.63, 3.8) is 0 Å². The Morgan fingerprint density at radius 2 is 1.85 bits per heavy atom. The summed E-state index contributed by atoms with van der Waals surface area (Å²) in [5.41, 5.74) is 0.436. The maximum Gasteiger partial charge on any atom is 0.163 e. The van der Waals surface area contributed by atoms with Gasteiger partial charge in [-0.25, -0.2) is 0 Å². The highest BCUT2D eigenvalue weighted by Gasteiger charge is 2.56. The number of rotatable bonds is 2. The van der Waals surface area contributed by atoms with E-state index in [4.69, 9.17) is 0 Å². The zero-order valence-electron chi connectivity index (χ0n) is 14.9. The Morgan fingerprint density at radius 3 is 2.54 bits per heavy atom. The fraction of sp³-hybridized carbons (Fsp3) is 0.409. The van der Waals surface area contributed by atoms with Crippen LogP contribution < -0.4 is 0 Å². The van der Waals surface area contributed by atoms with Crippen molar-refractivity contribution >= 4 is 5.78 Å². The van der Waals surface area contributed by atoms with Crippen LogP contribution in [0.3, 0.4) is 0 Å². The first-order valence-electron chi connectivity index (χ1n) is 9.23. The van der Waals surface area contributed by atoms with Crippen LogP contribution in [0.15, 0.2) is 48.5 Å². The topological polar surface area (TPSA) is 77.8 Å². The number of aliphatic hydroxyl groups is 2. The predicted octanol–water partition coefficient (Wildman–Crippen LogP) is 3.29. The summed E-state index contributed by atoms with van der Waals surface area (Å²) in [6, 6.07) is 14.2. The standard InChI is InChI=1S/C22H24O4/c1-2-21-13-20(25)22(26,14-6-4-3-5-7-14)12-15(21)10-19(24)17-11-16(23)8-9-18(17)21/h3-9,11,15,20,23,25-26H,2,10,12-13H2,1H3. The number of benzene rings is 2. The summed E-state index contributed by atoms with van der Waals surface area (Å²) in [5, 5.41) is 32.1. The van der Waals surface area contributed by atoms with Gasteiger partial charge in [-0.1, -0.05) is 43.3 Å². The Kier molecular flexibility index (Phi) is 3.94. The van der Waals surface area contributed by atoms with Crippen molar-refractivity contribution in [1.82, 2.24) is 0 Å². The van der Waals surface area contributed by atoms with Gasteiger partial charge in [0.2, 0.25) is 0 Å². The molecular formula is C22H24O4. The third kappa shape index (κ3) is 2.32. The van der Waals surface area contributed by atoms with E-state index in [0.717, 1.165) is 12.0 Å². The van der Waals surface area contributed by atoms with Gasteiger partial charge in [0.15, 0.2) is 5.78 Å². The van der Waals surface area contributed by atoms with Crippen molar-refractivity contribution in [2.24, 2.45) is 5.92 Å². The van der Waals surface area contributed by atoms with E-state index in [0.29, 0.717) is 30.4 Å². The molecule has 2 aliphatic carbocycles. The Bertz CT molecular complexity index is 846. The number of carbonyl (C=O) groups excluding carboxylic acids is 1. The number of Topliss-reactive ketones (excluding diaryl/α,β-unsaturated/α-hetero) is 1. The maximum absolute atomic E-state index is 12.7. The van der Waals surface area contributed by atoms with Crippen molar-refractivity contribution in [3.8, 4) is 5.75 Å². The molecule has 3 N–H and O–H groups in total. The molecule has 26 heavy (non-hydrogen) atoms. The molecule has 4 nitrogen and oxygen atoms in total. The molecular weight excluding hydrogens is 328 g/mol. The SMILES string of the molecule is CCC12CC(O)C(O)(c3ccccc3)CC1CC(=O)c1cc(O)ccc12. The van der Waals surface area contributed by atoms with Gasteiger partial charge in [0.05, 0.1) is 6.10 Å². The zero-order valence-corrected chi connectivity index (χ0v) is 14.9. The number of phenols is 1. The second kappa shape index (κ2) is 5.93. The number of hydrogen-bond acceptors (Lipinski definition) is 4. The summed E-state index contributed by atoms with van der Waals surface area (Å²) < 4.78 is 0. The lowest BCUT2D eigenvalue weighted by molar-refractivity contribution is -0.144. The van der Waals surface area contributed by atoms with Crippen LogP contribution >= 0.6 is 0 Å². The Labute approximate surface area is 153 Å². The number of phenolic OH excluding ortho intramolecular Hbond substituents is 1. The number of carbonyl (C=O) groups is 1. The number of aliphatic hydroxyl groups excluding tert-OH is 1. The lowest BCUT2D eigenvalue weighted by atomic mass is 9.51. The van der Waals surface area contributed by atoms with Gasteiger partial charge in [-0.2, -0.15) is 0 Å². The average molecular weight is 352 g/mol. The quantitative estimate of drug-likeness (QED) is 0.775. The van der Waals surface area contributed by atoms with Crippen LogP contribution in [0.1, 0.15) is 54.1 Å². The minimum Gasteiger partial charge on any atom is -0.508 e. The highest BCUT2D eigenvalue weighted by molar-refractivity contribution is 6.00. The molecule has 4 unspecified atom stereocenters. The van der Waals surface area contributed by atoms with Crippen LogP contribution in [-0.2, 0) is 11.0 Å². The lowest BCUT2D eigenvalue weighted by Crippen LogP contribution is -2.56. The largest absolute Gasteiger partial charge is 0.508 e. The molecule has 2 aromatic carbocycles. The molecule has 0 radical (unpaired) electrons. The fourth-order valence-electron chi connectivity index (χ4n) is 5.18. The van der Waals surface area contributed by atoms with Gasteiger partial charge in [-0.05, 0) is 48.4 Å². The second-order valence-corrected chi connectivity index (χ2v) is 7.78. The Hall–Kier alpha value is -2.17. The zero-order chi connectivity index (χ0) is 18.5. The van der Waals surface area contributed by atoms with Crippen LogP contribution in [0, 0.1) is 5.92 Å². The maximum atomic E-state index is 12.7. The minimum absolute atomic E-state index is 0.00298. The third-order valence-corrected chi connectivity index (χ3v) is 6.62. The molecule has 4 rings (SSSR count). The van der Waals surface area contributed by atoms with Gasteiger partial charge in [-0.15, -0.1) is 0 Å². The van der Waals surface area contributed by atoms with Crippen LogP contribution in [0.25, 0.3) is 0 Å². The van der Waals surface area contributed by atoms with E-state index in [1.165, 1.54) is 6.07 Å². The Morgan fingerprint density at radius 1 is 1.12 bits per heavy atom. The minimum atomic E-state index is -1.35. The van der Waals surface area contributed by atoms with Crippen LogP contribution in [0.2, 0.25) is 0 Å². The molecule has 0 amide bonds. The van der Waals surface area contributed by atoms with Crippen molar-refractivity contribution in [3.05, 3.63) is 65.2 Å². The number of aromatic hydroxyl groups is 1. The molecule has 0 bridgehead atoms. The molecule has 0 saturated heterocycles. The van der Waals surface area contributed by atoms with Gasteiger partial charge >= 0.3 is 0 Å². The average Bonchev–Trinajstić information content (AvgIpc) is 2.64. The normalized spacial score (nSPS) is 33.4. The van der Waals surface area contributed by atoms with E-state index in [2.05, 4.69) is 6.92 Å². The molecule has 4 heteroatoms. The van der Waals surface area contributed by atoms with Gasteiger partial charge in [-0.3, -0.25) is 4.79 Å². The van der Waals surface area contributed by atoms with E-state index >= 15 is 0 Å². The van der Waals surface area contributed by atoms with Crippen LogP contribution in [0.4, 0.5) is 0 Å². The van der Waals surface area contributed by atoms with E-state index in [9.17, 15) is 20.1 Å². The third-order valence-electron chi connectivity index (χ3n) is 6.62. The molecule has 0 heterocycles. The summed E-state index contributed by atoms with van der Waals surface area (Å²) in [6.07, 6.45) is 0.912. The highest BCUT2D eigenvalue weighted by atomic mass is 16.3. The van der Waals surface area contributed by atoms with Crippen LogP contribution in [-0.4, -0.2) is 27.2 Å². The molecule has 0 aromatic heterocycles. The lowest BCUT2D eigenvalue weighted by Gasteiger charge is -2.54. The fourth-order valence-corrected chi connectivity index (χ4v) is 5.18. The first-order chi connectivity index (χ1) is 12.4. The summed E-state index contributed by atoms with van der Waals surface area (Å²) in [5.74, 6) is 0.0291. The molecule has 2 aliphatic rings. The molecule has 4 atom stereocenters. The van der Waals surface area contributed by atoms with E-state index < -0.39 is 11.7 Å². The first kappa shape index (κ1) is 17.3. The molecule has 2 aromatic rings. The van der Waals surface area contributed by atoms with E-state index in [-0.39, 0.29) is 22.9 Å². The van der Waals surface area contributed by atoms with E-state index in [1.54, 1.807) is 6.07 Å². The molecule has 0 spiro atoms. The Balaban J connectivity index is 1.82.